The van der Waals surface area contributed by atoms with Gasteiger partial charge in [-0.15, -0.1) is 0 Å². The van der Waals surface area contributed by atoms with E-state index in [-0.39, 0.29) is 6.42 Å². The molecule has 1 rings (SSSR count). The lowest BCUT2D eigenvalue weighted by Gasteiger charge is -2.06. The summed E-state index contributed by atoms with van der Waals surface area (Å²) in [5.41, 5.74) is 6.59. The zero-order valence-corrected chi connectivity index (χ0v) is 6.72. The minimum absolute atomic E-state index is 0.113. The molecule has 0 saturated carbocycles. The summed E-state index contributed by atoms with van der Waals surface area (Å²) < 4.78 is 23.9. The van der Waals surface area contributed by atoms with Crippen LogP contribution >= 0.6 is 0 Å². The van der Waals surface area contributed by atoms with E-state index in [1.165, 1.54) is 0 Å². The second-order valence-corrected chi connectivity index (χ2v) is 2.74. The standard InChI is InChI=1S/C7H11F2N3/c1-4-2-5(12-11-4)3-6(10)7(8)9/h2,6-7H,3,10H2,1H3,(H,11,12). The van der Waals surface area contributed by atoms with E-state index in [1.54, 1.807) is 6.07 Å². The Morgan fingerprint density at radius 2 is 2.33 bits per heavy atom. The highest BCUT2D eigenvalue weighted by atomic mass is 19.3. The van der Waals surface area contributed by atoms with E-state index >= 15 is 0 Å². The average molecular weight is 175 g/mol. The van der Waals surface area contributed by atoms with Gasteiger partial charge in [0.2, 0.25) is 0 Å². The zero-order chi connectivity index (χ0) is 9.14. The summed E-state index contributed by atoms with van der Waals surface area (Å²) in [5.74, 6) is 0. The van der Waals surface area contributed by atoms with Crippen molar-refractivity contribution in [3.05, 3.63) is 17.5 Å². The van der Waals surface area contributed by atoms with E-state index in [4.69, 9.17) is 5.73 Å². The number of aromatic nitrogens is 2. The van der Waals surface area contributed by atoms with Crippen molar-refractivity contribution < 1.29 is 8.78 Å². The third-order valence-corrected chi connectivity index (χ3v) is 1.53. The van der Waals surface area contributed by atoms with Gasteiger partial charge in [-0.1, -0.05) is 0 Å². The molecule has 68 valence electrons. The Hall–Kier alpha value is -0.970. The van der Waals surface area contributed by atoms with Crippen LogP contribution in [-0.4, -0.2) is 22.7 Å². The first-order valence-corrected chi connectivity index (χ1v) is 3.64. The van der Waals surface area contributed by atoms with Gasteiger partial charge in [0.15, 0.2) is 0 Å². The molecule has 0 aliphatic carbocycles. The fourth-order valence-electron chi connectivity index (χ4n) is 0.910. The molecule has 1 atom stereocenters. The van der Waals surface area contributed by atoms with Gasteiger partial charge in [-0.05, 0) is 13.0 Å². The number of rotatable bonds is 3. The molecule has 0 spiro atoms. The molecule has 1 aromatic heterocycles. The van der Waals surface area contributed by atoms with Crippen LogP contribution in [0.4, 0.5) is 8.78 Å². The molecule has 0 amide bonds. The number of nitrogens with two attached hydrogens (primary N) is 1. The van der Waals surface area contributed by atoms with Crippen LogP contribution in [0, 0.1) is 6.92 Å². The Morgan fingerprint density at radius 3 is 2.75 bits per heavy atom. The summed E-state index contributed by atoms with van der Waals surface area (Å²) in [6, 6.07) is 0.593. The molecule has 3 N–H and O–H groups in total. The number of alkyl halides is 2. The van der Waals surface area contributed by atoms with Crippen LogP contribution in [-0.2, 0) is 6.42 Å². The number of hydrogen-bond donors (Lipinski definition) is 2. The maximum absolute atomic E-state index is 12.0. The van der Waals surface area contributed by atoms with Gasteiger partial charge < -0.3 is 5.73 Å². The van der Waals surface area contributed by atoms with Crippen molar-refractivity contribution in [3.63, 3.8) is 0 Å². The highest BCUT2D eigenvalue weighted by molar-refractivity contribution is 5.08. The molecular weight excluding hydrogens is 164 g/mol. The van der Waals surface area contributed by atoms with Crippen LogP contribution in [0.2, 0.25) is 0 Å². The predicted molar refractivity (Wildman–Crippen MR) is 41.0 cm³/mol. The quantitative estimate of drug-likeness (QED) is 0.715. The van der Waals surface area contributed by atoms with Crippen LogP contribution in [0.25, 0.3) is 0 Å². The molecule has 1 aromatic rings. The maximum atomic E-state index is 12.0. The third kappa shape index (κ3) is 2.27. The van der Waals surface area contributed by atoms with Crippen molar-refractivity contribution in [2.45, 2.75) is 25.8 Å². The molecule has 0 aliphatic heterocycles. The molecule has 5 heteroatoms. The minimum Gasteiger partial charge on any atom is -0.323 e. The number of nitrogens with one attached hydrogen (secondary N) is 1. The topological polar surface area (TPSA) is 54.7 Å². The fraction of sp³-hybridized carbons (Fsp3) is 0.571. The Bertz CT molecular complexity index is 247. The van der Waals surface area contributed by atoms with E-state index in [9.17, 15) is 8.78 Å². The van der Waals surface area contributed by atoms with Crippen molar-refractivity contribution in [1.29, 1.82) is 0 Å². The number of nitrogens with zero attached hydrogens (tertiary/aromatic N) is 1. The zero-order valence-electron chi connectivity index (χ0n) is 6.72. The van der Waals surface area contributed by atoms with Gasteiger partial charge in [0.25, 0.3) is 6.43 Å². The number of aryl methyl sites for hydroxylation is 1. The van der Waals surface area contributed by atoms with Crippen LogP contribution in [0.5, 0.6) is 0 Å². The van der Waals surface area contributed by atoms with Crippen molar-refractivity contribution in [1.82, 2.24) is 10.2 Å². The summed E-state index contributed by atoms with van der Waals surface area (Å²) in [4.78, 5) is 0. The SMILES string of the molecule is Cc1cc(CC(N)C(F)F)n[nH]1. The molecule has 1 heterocycles. The first-order chi connectivity index (χ1) is 5.59. The lowest BCUT2D eigenvalue weighted by Crippen LogP contribution is -2.31. The van der Waals surface area contributed by atoms with Gasteiger partial charge in [0.05, 0.1) is 11.7 Å². The van der Waals surface area contributed by atoms with Crippen LogP contribution < -0.4 is 5.73 Å². The second-order valence-electron chi connectivity index (χ2n) is 2.74. The van der Waals surface area contributed by atoms with E-state index in [1.807, 2.05) is 6.92 Å². The molecule has 12 heavy (non-hydrogen) atoms. The Labute approximate surface area is 69.0 Å². The Morgan fingerprint density at radius 1 is 1.67 bits per heavy atom. The molecule has 3 nitrogen and oxygen atoms in total. The lowest BCUT2D eigenvalue weighted by molar-refractivity contribution is 0.115. The van der Waals surface area contributed by atoms with Gasteiger partial charge in [0.1, 0.15) is 0 Å². The smallest absolute Gasteiger partial charge is 0.253 e. The van der Waals surface area contributed by atoms with Crippen LogP contribution in [0.15, 0.2) is 6.07 Å². The Kier molecular flexibility index (Phi) is 2.75. The van der Waals surface area contributed by atoms with Gasteiger partial charge in [0, 0.05) is 12.1 Å². The lowest BCUT2D eigenvalue weighted by atomic mass is 10.2. The highest BCUT2D eigenvalue weighted by Crippen LogP contribution is 2.06. The average Bonchev–Trinajstić information content (AvgIpc) is 2.35. The van der Waals surface area contributed by atoms with Crippen molar-refractivity contribution in [2.75, 3.05) is 0 Å². The molecule has 0 fully saturated rings. The van der Waals surface area contributed by atoms with Gasteiger partial charge in [-0.2, -0.15) is 5.10 Å². The molecule has 0 radical (unpaired) electrons. The monoisotopic (exact) mass is 175 g/mol. The normalized spacial score (nSPS) is 13.8. The first-order valence-electron chi connectivity index (χ1n) is 3.64. The van der Waals surface area contributed by atoms with Gasteiger partial charge >= 0.3 is 0 Å². The second kappa shape index (κ2) is 3.62. The van der Waals surface area contributed by atoms with E-state index in [0.717, 1.165) is 5.69 Å². The predicted octanol–water partition coefficient (Wildman–Crippen LogP) is 0.853. The highest BCUT2D eigenvalue weighted by Gasteiger charge is 2.16. The fourth-order valence-corrected chi connectivity index (χ4v) is 0.910. The molecule has 0 saturated heterocycles. The van der Waals surface area contributed by atoms with Crippen molar-refractivity contribution in [2.24, 2.45) is 5.73 Å². The largest absolute Gasteiger partial charge is 0.323 e. The van der Waals surface area contributed by atoms with Crippen LogP contribution in [0.3, 0.4) is 0 Å². The first kappa shape index (κ1) is 9.12. The molecular formula is C7H11F2N3. The molecule has 1 unspecified atom stereocenters. The van der Waals surface area contributed by atoms with Gasteiger partial charge in [-0.25, -0.2) is 8.78 Å². The number of halogens is 2. The van der Waals surface area contributed by atoms with Crippen molar-refractivity contribution >= 4 is 0 Å². The summed E-state index contributed by atoms with van der Waals surface area (Å²) in [6.07, 6.45) is -2.37. The summed E-state index contributed by atoms with van der Waals surface area (Å²) in [6.45, 7) is 1.81. The summed E-state index contributed by atoms with van der Waals surface area (Å²) in [5, 5.41) is 6.46. The summed E-state index contributed by atoms with van der Waals surface area (Å²) in [7, 11) is 0. The third-order valence-electron chi connectivity index (χ3n) is 1.53. The van der Waals surface area contributed by atoms with Gasteiger partial charge in [-0.3, -0.25) is 5.10 Å². The molecule has 0 bridgehead atoms. The maximum Gasteiger partial charge on any atom is 0.253 e. The van der Waals surface area contributed by atoms with E-state index < -0.39 is 12.5 Å². The van der Waals surface area contributed by atoms with Crippen molar-refractivity contribution in [3.8, 4) is 0 Å². The number of aromatic amines is 1. The number of hydrogen-bond acceptors (Lipinski definition) is 2. The minimum atomic E-state index is -2.48. The molecule has 0 aromatic carbocycles. The van der Waals surface area contributed by atoms with Crippen LogP contribution in [0.1, 0.15) is 11.4 Å². The molecule has 0 aliphatic rings. The summed E-state index contributed by atoms with van der Waals surface area (Å²) >= 11 is 0. The number of H-pyrrole nitrogens is 1. The van der Waals surface area contributed by atoms with E-state index in [2.05, 4.69) is 10.2 Å². The Balaban J connectivity index is 2.52. The van der Waals surface area contributed by atoms with E-state index in [0.29, 0.717) is 5.69 Å².